The molecule has 10 nitrogen and oxygen atoms in total. The Balaban J connectivity index is 1.54. The molecule has 1 fully saturated rings. The van der Waals surface area contributed by atoms with Crippen molar-refractivity contribution in [3.8, 4) is 5.88 Å². The highest BCUT2D eigenvalue weighted by molar-refractivity contribution is 6.07. The zero-order valence-corrected chi connectivity index (χ0v) is 23.1. The molecule has 1 atom stereocenters. The van der Waals surface area contributed by atoms with Gasteiger partial charge in [0.25, 0.3) is 12.3 Å². The molecule has 0 aliphatic carbocycles. The molecule has 5 rings (SSSR count). The molecule has 0 spiro atoms. The molecule has 4 heterocycles. The number of nitrogens with zero attached hydrogens (tertiary/aromatic N) is 5. The van der Waals surface area contributed by atoms with Crippen molar-refractivity contribution in [2.45, 2.75) is 19.4 Å². The average molecular weight is 588 g/mol. The zero-order valence-electron chi connectivity index (χ0n) is 23.1. The van der Waals surface area contributed by atoms with Crippen LogP contribution in [0.3, 0.4) is 0 Å². The van der Waals surface area contributed by atoms with E-state index < -0.39 is 40.7 Å². The fourth-order valence-corrected chi connectivity index (χ4v) is 5.11. The van der Waals surface area contributed by atoms with E-state index in [0.29, 0.717) is 49.5 Å². The molecule has 14 heteroatoms. The van der Waals surface area contributed by atoms with Crippen molar-refractivity contribution in [2.24, 2.45) is 0 Å². The highest BCUT2D eigenvalue weighted by Crippen LogP contribution is 2.39. The number of benzene rings is 1. The van der Waals surface area contributed by atoms with Crippen molar-refractivity contribution in [3.05, 3.63) is 75.5 Å². The lowest BCUT2D eigenvalue weighted by Crippen LogP contribution is -2.50. The van der Waals surface area contributed by atoms with E-state index in [-0.39, 0.29) is 29.5 Å². The fraction of sp³-hybridized carbons (Fsp3) is 0.357. The van der Waals surface area contributed by atoms with Gasteiger partial charge in [-0.1, -0.05) is 6.08 Å². The zero-order chi connectivity index (χ0) is 30.1. The van der Waals surface area contributed by atoms with Gasteiger partial charge in [0.2, 0.25) is 11.4 Å². The van der Waals surface area contributed by atoms with E-state index in [1.165, 1.54) is 13.4 Å². The van der Waals surface area contributed by atoms with Crippen LogP contribution >= 0.6 is 0 Å². The van der Waals surface area contributed by atoms with Crippen LogP contribution in [0.5, 0.6) is 5.88 Å². The monoisotopic (exact) mass is 587 g/mol. The quantitative estimate of drug-likeness (QED) is 0.404. The molecule has 42 heavy (non-hydrogen) atoms. The second-order valence-electron chi connectivity index (χ2n) is 10.2. The van der Waals surface area contributed by atoms with E-state index in [1.807, 2.05) is 14.0 Å². The molecule has 2 aromatic heterocycles. The van der Waals surface area contributed by atoms with Crippen LogP contribution in [0.25, 0.3) is 5.57 Å². The van der Waals surface area contributed by atoms with Crippen LogP contribution in [0.4, 0.5) is 34.8 Å². The molecule has 1 aromatic carbocycles. The standard InChI is InChI=1S/C28H29F4N7O3/c1-15-12-38(7-6-37(15)2)20-9-19(29)24(16-4-5-39(13-16)21-10-23(42-3)35-14-34-21)25(30)26(20)36-28(41)18-11-33-22(40)8-17(18)27(31)32/h4,8-11,14-15,27H,5-7,12-13H2,1-3H3,(H,33,40)(H,36,41)/t15-/m0/s1. The van der Waals surface area contributed by atoms with Gasteiger partial charge in [-0.3, -0.25) is 9.59 Å². The molecule has 1 amide bonds. The van der Waals surface area contributed by atoms with Gasteiger partial charge in [0.15, 0.2) is 5.82 Å². The molecule has 222 valence electrons. The van der Waals surface area contributed by atoms with Crippen LogP contribution in [0.2, 0.25) is 0 Å². The largest absolute Gasteiger partial charge is 0.481 e. The van der Waals surface area contributed by atoms with Gasteiger partial charge in [-0.25, -0.2) is 27.5 Å². The van der Waals surface area contributed by atoms with Crippen LogP contribution in [0.1, 0.15) is 34.8 Å². The van der Waals surface area contributed by atoms with Gasteiger partial charge in [-0.05, 0) is 19.5 Å². The number of hydrogen-bond acceptors (Lipinski definition) is 8. The van der Waals surface area contributed by atoms with Crippen LogP contribution in [-0.2, 0) is 0 Å². The molecule has 2 aliphatic rings. The Hall–Kier alpha value is -4.46. The van der Waals surface area contributed by atoms with Crippen LogP contribution in [-0.4, -0.2) is 78.7 Å². The summed E-state index contributed by atoms with van der Waals surface area (Å²) in [6, 6.07) is 3.41. The van der Waals surface area contributed by atoms with E-state index >= 15 is 8.78 Å². The number of hydrogen-bond donors (Lipinski definition) is 2. The number of piperazine rings is 1. The number of aromatic amines is 1. The Kier molecular flexibility index (Phi) is 8.16. The number of likely N-dealkylation sites (N-methyl/N-ethyl adjacent to an activating group) is 1. The maximum Gasteiger partial charge on any atom is 0.264 e. The number of aromatic nitrogens is 3. The van der Waals surface area contributed by atoms with Gasteiger partial charge in [-0.15, -0.1) is 0 Å². The number of nitrogens with one attached hydrogen (secondary N) is 2. The smallest absolute Gasteiger partial charge is 0.264 e. The summed E-state index contributed by atoms with van der Waals surface area (Å²) in [5.74, 6) is -2.13. The highest BCUT2D eigenvalue weighted by atomic mass is 19.3. The van der Waals surface area contributed by atoms with Crippen molar-refractivity contribution < 1.29 is 27.1 Å². The first-order valence-corrected chi connectivity index (χ1v) is 13.2. The summed E-state index contributed by atoms with van der Waals surface area (Å²) in [6.07, 6.45) is 0.689. The van der Waals surface area contributed by atoms with Crippen LogP contribution in [0, 0.1) is 11.6 Å². The van der Waals surface area contributed by atoms with E-state index in [1.54, 1.807) is 21.9 Å². The average Bonchev–Trinajstić information content (AvgIpc) is 3.45. The summed E-state index contributed by atoms with van der Waals surface area (Å²) in [5.41, 5.74) is -2.45. The summed E-state index contributed by atoms with van der Waals surface area (Å²) >= 11 is 0. The first kappa shape index (κ1) is 29.0. The Morgan fingerprint density at radius 1 is 1.17 bits per heavy atom. The van der Waals surface area contributed by atoms with Crippen LogP contribution < -0.4 is 25.4 Å². The molecule has 1 saturated heterocycles. The van der Waals surface area contributed by atoms with Crippen molar-refractivity contribution in [1.82, 2.24) is 19.9 Å². The Bertz CT molecular complexity index is 1600. The Morgan fingerprint density at radius 3 is 2.67 bits per heavy atom. The number of rotatable bonds is 7. The lowest BCUT2D eigenvalue weighted by molar-refractivity contribution is 0.101. The second kappa shape index (κ2) is 11.8. The number of amides is 1. The minimum absolute atomic E-state index is 0.0358. The third-order valence-electron chi connectivity index (χ3n) is 7.57. The topological polar surface area (TPSA) is 107 Å². The number of ether oxygens (including phenoxy) is 1. The number of anilines is 3. The lowest BCUT2D eigenvalue weighted by atomic mass is 10.0. The molecule has 0 unspecified atom stereocenters. The third kappa shape index (κ3) is 5.66. The summed E-state index contributed by atoms with van der Waals surface area (Å²) in [6.45, 7) is 3.77. The van der Waals surface area contributed by atoms with Crippen molar-refractivity contribution >= 4 is 28.7 Å². The summed E-state index contributed by atoms with van der Waals surface area (Å²) in [4.78, 5) is 40.9. The Labute approximate surface area is 238 Å². The van der Waals surface area contributed by atoms with Crippen LogP contribution in [0.15, 0.2) is 41.6 Å². The van der Waals surface area contributed by atoms with E-state index in [0.717, 1.165) is 12.3 Å². The van der Waals surface area contributed by atoms with E-state index in [9.17, 15) is 18.4 Å². The number of alkyl halides is 2. The SMILES string of the molecule is COc1cc(N2CC=C(c3c(F)cc(N4CCN(C)[C@@H](C)C4)c(NC(=O)c4c[nH]c(=O)cc4C(F)F)c3F)C2)ncn1. The van der Waals surface area contributed by atoms with Gasteiger partial charge in [0.1, 0.15) is 23.6 Å². The number of carbonyl (C=O) groups is 1. The van der Waals surface area contributed by atoms with Gasteiger partial charge >= 0.3 is 0 Å². The number of halogens is 4. The van der Waals surface area contributed by atoms with Gasteiger partial charge in [0, 0.05) is 68.7 Å². The number of pyridine rings is 1. The summed E-state index contributed by atoms with van der Waals surface area (Å²) < 4.78 is 64.7. The normalized spacial score (nSPS) is 17.5. The summed E-state index contributed by atoms with van der Waals surface area (Å²) in [5, 5.41) is 2.41. The van der Waals surface area contributed by atoms with Gasteiger partial charge in [0.05, 0.1) is 23.9 Å². The highest BCUT2D eigenvalue weighted by Gasteiger charge is 2.31. The van der Waals surface area contributed by atoms with E-state index in [2.05, 4.69) is 25.2 Å². The summed E-state index contributed by atoms with van der Waals surface area (Å²) in [7, 11) is 3.39. The molecular formula is C28H29F4N7O3. The molecule has 2 N–H and O–H groups in total. The Morgan fingerprint density at radius 2 is 1.95 bits per heavy atom. The molecule has 0 saturated carbocycles. The first-order chi connectivity index (χ1) is 20.1. The minimum atomic E-state index is -3.13. The maximum absolute atomic E-state index is 16.4. The van der Waals surface area contributed by atoms with Crippen molar-refractivity contribution in [2.75, 3.05) is 62.0 Å². The lowest BCUT2D eigenvalue weighted by Gasteiger charge is -2.40. The molecule has 0 bridgehead atoms. The molecule has 2 aliphatic heterocycles. The van der Waals surface area contributed by atoms with Gasteiger partial charge in [-0.2, -0.15) is 0 Å². The fourth-order valence-electron chi connectivity index (χ4n) is 5.11. The third-order valence-corrected chi connectivity index (χ3v) is 7.57. The second-order valence-corrected chi connectivity index (χ2v) is 10.2. The number of H-pyrrole nitrogens is 1. The van der Waals surface area contributed by atoms with Crippen molar-refractivity contribution in [1.29, 1.82) is 0 Å². The predicted molar refractivity (Wildman–Crippen MR) is 149 cm³/mol. The van der Waals surface area contributed by atoms with Gasteiger partial charge < -0.3 is 29.7 Å². The molecule has 3 aromatic rings. The minimum Gasteiger partial charge on any atom is -0.481 e. The van der Waals surface area contributed by atoms with E-state index in [4.69, 9.17) is 4.74 Å². The van der Waals surface area contributed by atoms with Crippen molar-refractivity contribution in [3.63, 3.8) is 0 Å². The number of carbonyl (C=O) groups excluding carboxylic acids is 1. The molecular weight excluding hydrogens is 558 g/mol. The predicted octanol–water partition coefficient (Wildman–Crippen LogP) is 3.69. The maximum atomic E-state index is 16.4. The number of methoxy groups -OCH3 is 1. The molecule has 0 radical (unpaired) electrons. The first-order valence-electron chi connectivity index (χ1n) is 13.2.